The number of nitrogens with zero attached hydrogens (tertiary/aromatic N) is 2. The van der Waals surface area contributed by atoms with Crippen LogP contribution >= 0.6 is 23.2 Å². The van der Waals surface area contributed by atoms with Crippen molar-refractivity contribution in [1.29, 1.82) is 0 Å². The monoisotopic (exact) mass is 452 g/mol. The van der Waals surface area contributed by atoms with Crippen molar-refractivity contribution < 1.29 is 13.2 Å². The van der Waals surface area contributed by atoms with Crippen molar-refractivity contribution in [3.8, 4) is 0 Å². The fourth-order valence-corrected chi connectivity index (χ4v) is 6.46. The molecular formula is C21H22Cl2N2O3S. The lowest BCUT2D eigenvalue weighted by Gasteiger charge is -2.34. The lowest BCUT2D eigenvalue weighted by molar-refractivity contribution is -0.123. The zero-order valence-electron chi connectivity index (χ0n) is 16.0. The Morgan fingerprint density at radius 2 is 1.76 bits per heavy atom. The van der Waals surface area contributed by atoms with Crippen molar-refractivity contribution in [2.45, 2.75) is 37.1 Å². The second-order valence-corrected chi connectivity index (χ2v) is 10.4. The van der Waals surface area contributed by atoms with Gasteiger partial charge in [-0.25, -0.2) is 8.42 Å². The Kier molecular flexibility index (Phi) is 5.64. The molecule has 0 aliphatic carbocycles. The van der Waals surface area contributed by atoms with Crippen LogP contribution in [0.25, 0.3) is 0 Å². The Morgan fingerprint density at radius 3 is 2.48 bits per heavy atom. The summed E-state index contributed by atoms with van der Waals surface area (Å²) in [7, 11) is -3.75. The van der Waals surface area contributed by atoms with Gasteiger partial charge in [-0.3, -0.25) is 4.79 Å². The van der Waals surface area contributed by atoms with Gasteiger partial charge >= 0.3 is 0 Å². The highest BCUT2D eigenvalue weighted by Gasteiger charge is 2.38. The number of sulfonamides is 1. The van der Waals surface area contributed by atoms with E-state index in [1.54, 1.807) is 6.07 Å². The van der Waals surface area contributed by atoms with E-state index in [1.165, 1.54) is 22.0 Å². The third-order valence-corrected chi connectivity index (χ3v) is 8.37. The summed E-state index contributed by atoms with van der Waals surface area (Å²) in [5.74, 6) is -0.106. The van der Waals surface area contributed by atoms with E-state index in [9.17, 15) is 13.2 Å². The lowest BCUT2D eigenvalue weighted by atomic mass is 9.96. The Hall–Kier alpha value is -1.60. The fourth-order valence-electron chi connectivity index (χ4n) is 4.26. The van der Waals surface area contributed by atoms with Gasteiger partial charge in [-0.05, 0) is 56.0 Å². The van der Waals surface area contributed by atoms with Gasteiger partial charge in [0.05, 0.1) is 5.02 Å². The molecule has 0 N–H and O–H groups in total. The molecule has 154 valence electrons. The van der Waals surface area contributed by atoms with E-state index in [-0.39, 0.29) is 40.9 Å². The molecule has 8 heteroatoms. The van der Waals surface area contributed by atoms with E-state index in [2.05, 4.69) is 13.0 Å². The molecule has 2 aliphatic rings. The smallest absolute Gasteiger partial charge is 0.244 e. The predicted octanol–water partition coefficient (Wildman–Crippen LogP) is 4.37. The Labute approximate surface area is 181 Å². The molecule has 5 nitrogen and oxygen atoms in total. The van der Waals surface area contributed by atoms with Crippen LogP contribution in [0.4, 0.5) is 5.69 Å². The van der Waals surface area contributed by atoms with Gasteiger partial charge in [-0.1, -0.05) is 41.4 Å². The molecule has 1 amide bonds. The number of fused-ring (bicyclic) bond motifs is 1. The average Bonchev–Trinajstić information content (AvgIpc) is 3.05. The maximum Gasteiger partial charge on any atom is 0.244 e. The van der Waals surface area contributed by atoms with Crippen LogP contribution in [-0.4, -0.2) is 37.8 Å². The first kappa shape index (κ1) is 20.7. The summed E-state index contributed by atoms with van der Waals surface area (Å²) >= 11 is 12.1. The highest BCUT2D eigenvalue weighted by Crippen LogP contribution is 2.36. The lowest BCUT2D eigenvalue weighted by Crippen LogP contribution is -2.46. The number of halogens is 2. The number of anilines is 1. The highest BCUT2D eigenvalue weighted by molar-refractivity contribution is 7.89. The largest absolute Gasteiger partial charge is 0.309 e. The van der Waals surface area contributed by atoms with Crippen molar-refractivity contribution >= 4 is 44.8 Å². The van der Waals surface area contributed by atoms with Gasteiger partial charge in [0.2, 0.25) is 15.9 Å². The number of benzene rings is 2. The van der Waals surface area contributed by atoms with Crippen LogP contribution in [0.1, 0.15) is 25.3 Å². The van der Waals surface area contributed by atoms with E-state index in [0.29, 0.717) is 17.9 Å². The maximum absolute atomic E-state index is 13.2. The molecule has 1 fully saturated rings. The summed E-state index contributed by atoms with van der Waals surface area (Å²) in [5.41, 5.74) is 2.16. The number of amides is 1. The van der Waals surface area contributed by atoms with Crippen LogP contribution in [-0.2, 0) is 21.2 Å². The van der Waals surface area contributed by atoms with Gasteiger partial charge in [0.15, 0.2) is 0 Å². The van der Waals surface area contributed by atoms with E-state index in [0.717, 1.165) is 12.1 Å². The van der Waals surface area contributed by atoms with Crippen molar-refractivity contribution in [2.24, 2.45) is 5.92 Å². The number of hydrogen-bond acceptors (Lipinski definition) is 3. The van der Waals surface area contributed by atoms with Gasteiger partial charge in [-0.2, -0.15) is 4.31 Å². The van der Waals surface area contributed by atoms with Gasteiger partial charge < -0.3 is 4.90 Å². The van der Waals surface area contributed by atoms with E-state index in [1.807, 2.05) is 23.1 Å². The molecule has 0 unspecified atom stereocenters. The number of piperidine rings is 1. The number of para-hydroxylation sites is 1. The van der Waals surface area contributed by atoms with Gasteiger partial charge in [0.25, 0.3) is 0 Å². The van der Waals surface area contributed by atoms with E-state index < -0.39 is 10.0 Å². The van der Waals surface area contributed by atoms with Gasteiger partial charge in [0, 0.05) is 35.8 Å². The van der Waals surface area contributed by atoms with Crippen LogP contribution in [0.5, 0.6) is 0 Å². The third-order valence-electron chi connectivity index (χ3n) is 5.76. The molecule has 1 saturated heterocycles. The second-order valence-electron chi connectivity index (χ2n) is 7.64. The molecule has 2 aromatic carbocycles. The summed E-state index contributed by atoms with van der Waals surface area (Å²) in [5, 5.41) is 0.467. The minimum atomic E-state index is -3.75. The van der Waals surface area contributed by atoms with Crippen LogP contribution in [0, 0.1) is 5.92 Å². The van der Waals surface area contributed by atoms with Crippen LogP contribution in [0.2, 0.25) is 10.0 Å². The molecule has 2 aromatic rings. The first-order valence-corrected chi connectivity index (χ1v) is 11.8. The summed E-state index contributed by atoms with van der Waals surface area (Å²) in [6.45, 7) is 2.62. The molecule has 2 aliphatic heterocycles. The highest BCUT2D eigenvalue weighted by atomic mass is 35.5. The minimum absolute atomic E-state index is 0.0125. The van der Waals surface area contributed by atoms with Crippen LogP contribution in [0.15, 0.2) is 47.4 Å². The summed E-state index contributed by atoms with van der Waals surface area (Å²) in [4.78, 5) is 15.1. The molecule has 0 aromatic heterocycles. The van der Waals surface area contributed by atoms with Crippen LogP contribution < -0.4 is 4.90 Å². The summed E-state index contributed by atoms with van der Waals surface area (Å²) in [6, 6.07) is 12.5. The van der Waals surface area contributed by atoms with E-state index >= 15 is 0 Å². The van der Waals surface area contributed by atoms with Crippen LogP contribution in [0.3, 0.4) is 0 Å². The zero-order valence-corrected chi connectivity index (χ0v) is 18.3. The van der Waals surface area contributed by atoms with Crippen molar-refractivity contribution in [3.05, 3.63) is 58.1 Å². The molecule has 4 rings (SSSR count). The van der Waals surface area contributed by atoms with Crippen molar-refractivity contribution in [3.63, 3.8) is 0 Å². The van der Waals surface area contributed by atoms with Gasteiger partial charge in [0.1, 0.15) is 4.90 Å². The number of hydrogen-bond donors (Lipinski definition) is 0. The third kappa shape index (κ3) is 3.79. The number of carbonyl (C=O) groups is 1. The Morgan fingerprint density at radius 1 is 1.07 bits per heavy atom. The number of rotatable bonds is 3. The molecule has 1 atom stereocenters. The maximum atomic E-state index is 13.2. The first-order valence-electron chi connectivity index (χ1n) is 9.65. The molecule has 0 bridgehead atoms. The Bertz CT molecular complexity index is 1050. The second kappa shape index (κ2) is 7.91. The first-order chi connectivity index (χ1) is 13.8. The molecule has 2 heterocycles. The SMILES string of the molecule is C[C@@H]1Cc2ccccc2N1C(=O)C1CCN(S(=O)(=O)c2cc(Cl)ccc2Cl)CC1. The summed E-state index contributed by atoms with van der Waals surface area (Å²) < 4.78 is 27.4. The Balaban J connectivity index is 1.48. The molecule has 29 heavy (non-hydrogen) atoms. The molecule has 0 saturated carbocycles. The molecular weight excluding hydrogens is 431 g/mol. The standard InChI is InChI=1S/C21H22Cl2N2O3S/c1-14-12-16-4-2-3-5-19(16)25(14)21(26)15-8-10-24(11-9-15)29(27,28)20-13-17(22)6-7-18(20)23/h2-7,13-15H,8-12H2,1H3/t14-/m1/s1. The minimum Gasteiger partial charge on any atom is -0.309 e. The quantitative estimate of drug-likeness (QED) is 0.694. The van der Waals surface area contributed by atoms with Crippen molar-refractivity contribution in [2.75, 3.05) is 18.0 Å². The summed E-state index contributed by atoms with van der Waals surface area (Å²) in [6.07, 6.45) is 1.83. The predicted molar refractivity (Wildman–Crippen MR) is 115 cm³/mol. The molecule has 0 spiro atoms. The van der Waals surface area contributed by atoms with Crippen molar-refractivity contribution in [1.82, 2.24) is 4.31 Å². The number of carbonyl (C=O) groups excluding carboxylic acids is 1. The average molecular weight is 453 g/mol. The zero-order chi connectivity index (χ0) is 20.8. The fraction of sp³-hybridized carbons (Fsp3) is 0.381. The van der Waals surface area contributed by atoms with Gasteiger partial charge in [-0.15, -0.1) is 0 Å². The van der Waals surface area contributed by atoms with E-state index in [4.69, 9.17) is 23.2 Å². The topological polar surface area (TPSA) is 57.7 Å². The normalized spacial score (nSPS) is 20.7. The molecule has 0 radical (unpaired) electrons.